The molecule has 0 atom stereocenters. The second-order valence-electron chi connectivity index (χ2n) is 5.18. The van der Waals surface area contributed by atoms with Gasteiger partial charge in [0.1, 0.15) is 5.75 Å². The van der Waals surface area contributed by atoms with E-state index in [1.807, 2.05) is 54.6 Å². The molecule has 0 aromatic heterocycles. The van der Waals surface area contributed by atoms with Crippen LogP contribution in [0.3, 0.4) is 0 Å². The van der Waals surface area contributed by atoms with Crippen molar-refractivity contribution in [3.8, 4) is 5.75 Å². The number of carbonyl (C=O) groups is 1. The lowest BCUT2D eigenvalue weighted by molar-refractivity contribution is -0.123. The molecular formula is C18H21N3O2S. The summed E-state index contributed by atoms with van der Waals surface area (Å²) in [5, 5.41) is 3.26. The van der Waals surface area contributed by atoms with Gasteiger partial charge in [-0.1, -0.05) is 43.7 Å². The molecule has 24 heavy (non-hydrogen) atoms. The van der Waals surface area contributed by atoms with Gasteiger partial charge in [0.05, 0.1) is 0 Å². The Morgan fingerprint density at radius 3 is 2.42 bits per heavy atom. The van der Waals surface area contributed by atoms with E-state index in [0.717, 1.165) is 18.5 Å². The topological polar surface area (TPSA) is 62.4 Å². The third-order valence-corrected chi connectivity index (χ3v) is 3.38. The van der Waals surface area contributed by atoms with Crippen LogP contribution in [0.2, 0.25) is 0 Å². The van der Waals surface area contributed by atoms with E-state index in [-0.39, 0.29) is 12.5 Å². The molecule has 0 aliphatic rings. The Balaban J connectivity index is 1.68. The molecule has 5 nitrogen and oxygen atoms in total. The van der Waals surface area contributed by atoms with Crippen molar-refractivity contribution in [2.24, 2.45) is 0 Å². The van der Waals surface area contributed by atoms with E-state index >= 15 is 0 Å². The summed E-state index contributed by atoms with van der Waals surface area (Å²) in [6, 6.07) is 17.2. The predicted octanol–water partition coefficient (Wildman–Crippen LogP) is 3.04. The van der Waals surface area contributed by atoms with Crippen LogP contribution in [-0.4, -0.2) is 17.6 Å². The molecule has 2 aromatic carbocycles. The molecule has 3 N–H and O–H groups in total. The maximum atomic E-state index is 11.8. The number of hydrogen-bond acceptors (Lipinski definition) is 3. The number of aryl methyl sites for hydroxylation is 1. The minimum Gasteiger partial charge on any atom is -0.484 e. The molecular weight excluding hydrogens is 322 g/mol. The van der Waals surface area contributed by atoms with Crippen LogP contribution in [-0.2, 0) is 11.2 Å². The number of thiocarbonyl (C=S) groups is 1. The first kappa shape index (κ1) is 17.7. The van der Waals surface area contributed by atoms with Crippen molar-refractivity contribution in [2.45, 2.75) is 19.8 Å². The average molecular weight is 343 g/mol. The summed E-state index contributed by atoms with van der Waals surface area (Å²) < 4.78 is 5.44. The third-order valence-electron chi connectivity index (χ3n) is 3.18. The summed E-state index contributed by atoms with van der Waals surface area (Å²) in [5.74, 6) is 0.347. The van der Waals surface area contributed by atoms with E-state index < -0.39 is 0 Å². The highest BCUT2D eigenvalue weighted by atomic mass is 32.1. The highest BCUT2D eigenvalue weighted by molar-refractivity contribution is 7.80. The van der Waals surface area contributed by atoms with Crippen molar-refractivity contribution in [3.63, 3.8) is 0 Å². The lowest BCUT2D eigenvalue weighted by Crippen LogP contribution is -2.45. The Bertz CT molecular complexity index is 660. The van der Waals surface area contributed by atoms with Gasteiger partial charge < -0.3 is 10.1 Å². The quantitative estimate of drug-likeness (QED) is 0.556. The molecule has 0 bridgehead atoms. The van der Waals surface area contributed by atoms with Crippen LogP contribution in [0, 0.1) is 0 Å². The van der Waals surface area contributed by atoms with Crippen LogP contribution in [0.1, 0.15) is 18.9 Å². The molecule has 0 heterocycles. The van der Waals surface area contributed by atoms with Gasteiger partial charge in [0.25, 0.3) is 5.91 Å². The van der Waals surface area contributed by atoms with Gasteiger partial charge in [-0.2, -0.15) is 0 Å². The smallest absolute Gasteiger partial charge is 0.276 e. The van der Waals surface area contributed by atoms with Crippen LogP contribution >= 0.6 is 12.2 Å². The molecule has 0 saturated heterocycles. The van der Waals surface area contributed by atoms with Crippen molar-refractivity contribution >= 4 is 28.9 Å². The maximum Gasteiger partial charge on any atom is 0.276 e. The second kappa shape index (κ2) is 9.52. The monoisotopic (exact) mass is 343 g/mol. The number of para-hydroxylation sites is 1. The van der Waals surface area contributed by atoms with Crippen LogP contribution < -0.4 is 20.9 Å². The van der Waals surface area contributed by atoms with Crippen LogP contribution in [0.25, 0.3) is 0 Å². The largest absolute Gasteiger partial charge is 0.484 e. The number of amides is 1. The molecule has 0 aliphatic carbocycles. The minimum atomic E-state index is -0.315. The van der Waals surface area contributed by atoms with E-state index in [1.165, 1.54) is 5.56 Å². The molecule has 0 unspecified atom stereocenters. The van der Waals surface area contributed by atoms with E-state index in [1.54, 1.807) is 0 Å². The summed E-state index contributed by atoms with van der Waals surface area (Å²) in [4.78, 5) is 11.8. The summed E-state index contributed by atoms with van der Waals surface area (Å²) in [6.07, 6.45) is 2.14. The van der Waals surface area contributed by atoms with E-state index in [0.29, 0.717) is 10.9 Å². The minimum absolute atomic E-state index is 0.0892. The standard InChI is InChI=1S/C18H21N3O2S/c1-2-6-14-9-11-16(12-10-14)23-13-17(22)20-21-18(24)19-15-7-4-3-5-8-15/h3-5,7-12H,2,6,13H2,1H3,(H,20,22)(H2,19,21,24). The van der Waals surface area contributed by atoms with Gasteiger partial charge >= 0.3 is 0 Å². The summed E-state index contributed by atoms with van der Waals surface area (Å²) >= 11 is 5.09. The Morgan fingerprint density at radius 2 is 1.75 bits per heavy atom. The van der Waals surface area contributed by atoms with Crippen molar-refractivity contribution in [3.05, 3.63) is 60.2 Å². The first-order chi connectivity index (χ1) is 11.7. The van der Waals surface area contributed by atoms with Gasteiger partial charge in [-0.3, -0.25) is 15.6 Å². The molecule has 2 rings (SSSR count). The Labute approximate surface area is 147 Å². The molecule has 1 amide bonds. The zero-order valence-electron chi connectivity index (χ0n) is 13.5. The highest BCUT2D eigenvalue weighted by Gasteiger charge is 2.04. The van der Waals surface area contributed by atoms with E-state index in [2.05, 4.69) is 23.1 Å². The van der Waals surface area contributed by atoms with Crippen LogP contribution in [0.15, 0.2) is 54.6 Å². The number of hydrogen-bond donors (Lipinski definition) is 3. The number of anilines is 1. The zero-order valence-corrected chi connectivity index (χ0v) is 14.4. The van der Waals surface area contributed by atoms with Gasteiger partial charge in [0.2, 0.25) is 0 Å². The molecule has 0 spiro atoms. The Morgan fingerprint density at radius 1 is 1.04 bits per heavy atom. The van der Waals surface area contributed by atoms with E-state index in [4.69, 9.17) is 17.0 Å². The first-order valence-corrected chi connectivity index (χ1v) is 8.21. The number of hydrazine groups is 1. The maximum absolute atomic E-state index is 11.8. The van der Waals surface area contributed by atoms with Gasteiger partial charge in [0, 0.05) is 5.69 Å². The average Bonchev–Trinajstić information content (AvgIpc) is 2.60. The molecule has 6 heteroatoms. The van der Waals surface area contributed by atoms with Gasteiger partial charge in [0.15, 0.2) is 11.7 Å². The lowest BCUT2D eigenvalue weighted by atomic mass is 10.1. The fraction of sp³-hybridized carbons (Fsp3) is 0.222. The molecule has 126 valence electrons. The molecule has 0 radical (unpaired) electrons. The summed E-state index contributed by atoms with van der Waals surface area (Å²) in [6.45, 7) is 2.05. The Kier molecular flexibility index (Phi) is 7.04. The highest BCUT2D eigenvalue weighted by Crippen LogP contribution is 2.13. The van der Waals surface area contributed by atoms with Gasteiger partial charge in [-0.05, 0) is 48.5 Å². The van der Waals surface area contributed by atoms with Crippen molar-refractivity contribution in [1.29, 1.82) is 0 Å². The summed E-state index contributed by atoms with van der Waals surface area (Å²) in [7, 11) is 0. The second-order valence-corrected chi connectivity index (χ2v) is 5.58. The van der Waals surface area contributed by atoms with Crippen LogP contribution in [0.5, 0.6) is 5.75 Å². The van der Waals surface area contributed by atoms with Gasteiger partial charge in [-0.15, -0.1) is 0 Å². The first-order valence-electron chi connectivity index (χ1n) is 7.80. The number of nitrogens with one attached hydrogen (secondary N) is 3. The van der Waals surface area contributed by atoms with Crippen molar-refractivity contribution in [1.82, 2.24) is 10.9 Å². The SMILES string of the molecule is CCCc1ccc(OCC(=O)NNC(=S)Nc2ccccc2)cc1. The molecule has 0 aliphatic heterocycles. The zero-order chi connectivity index (χ0) is 17.2. The fourth-order valence-electron chi connectivity index (χ4n) is 2.04. The molecule has 2 aromatic rings. The normalized spacial score (nSPS) is 9.88. The van der Waals surface area contributed by atoms with Crippen LogP contribution in [0.4, 0.5) is 5.69 Å². The molecule has 0 fully saturated rings. The predicted molar refractivity (Wildman–Crippen MR) is 99.9 cm³/mol. The number of carbonyl (C=O) groups excluding carboxylic acids is 1. The lowest BCUT2D eigenvalue weighted by Gasteiger charge is -2.12. The summed E-state index contributed by atoms with van der Waals surface area (Å²) in [5.41, 5.74) is 7.22. The Hall–Kier alpha value is -2.60. The number of rotatable bonds is 6. The van der Waals surface area contributed by atoms with Crippen molar-refractivity contribution < 1.29 is 9.53 Å². The fourth-order valence-corrected chi connectivity index (χ4v) is 2.21. The number of ether oxygens (including phenoxy) is 1. The van der Waals surface area contributed by atoms with Gasteiger partial charge in [-0.25, -0.2) is 0 Å². The molecule has 0 saturated carbocycles. The van der Waals surface area contributed by atoms with E-state index in [9.17, 15) is 4.79 Å². The van der Waals surface area contributed by atoms with Crippen molar-refractivity contribution in [2.75, 3.05) is 11.9 Å². The number of benzene rings is 2. The third kappa shape index (κ3) is 6.26.